The van der Waals surface area contributed by atoms with Crippen molar-refractivity contribution in [3.05, 3.63) is 84.0 Å². The average Bonchev–Trinajstić information content (AvgIpc) is 3.39. The highest BCUT2D eigenvalue weighted by atomic mass is 19.1. The third-order valence-corrected chi connectivity index (χ3v) is 4.88. The summed E-state index contributed by atoms with van der Waals surface area (Å²) in [7, 11) is 0. The molecule has 7 nitrogen and oxygen atoms in total. The van der Waals surface area contributed by atoms with Crippen LogP contribution in [0.1, 0.15) is 30.1 Å². The predicted molar refractivity (Wildman–Crippen MR) is 114 cm³/mol. The minimum Gasteiger partial charge on any atom is -0.339 e. The van der Waals surface area contributed by atoms with Gasteiger partial charge in [-0.25, -0.2) is 9.37 Å². The number of aryl methyl sites for hydroxylation is 2. The third kappa shape index (κ3) is 5.42. The molecular formula is C23H22FN5O2. The lowest BCUT2D eigenvalue weighted by Crippen LogP contribution is -2.11. The molecule has 0 spiro atoms. The van der Waals surface area contributed by atoms with Crippen LogP contribution >= 0.6 is 0 Å². The highest BCUT2D eigenvalue weighted by Crippen LogP contribution is 2.17. The summed E-state index contributed by atoms with van der Waals surface area (Å²) in [4.78, 5) is 20.7. The van der Waals surface area contributed by atoms with Gasteiger partial charge in [-0.3, -0.25) is 4.79 Å². The Morgan fingerprint density at radius 3 is 2.61 bits per heavy atom. The third-order valence-electron chi connectivity index (χ3n) is 4.88. The number of rotatable bonds is 8. The molecule has 0 aliphatic rings. The Kier molecular flexibility index (Phi) is 6.16. The Balaban J connectivity index is 1.23. The first kappa shape index (κ1) is 20.5. The molecule has 2 aromatic heterocycles. The molecule has 31 heavy (non-hydrogen) atoms. The van der Waals surface area contributed by atoms with E-state index in [0.717, 1.165) is 23.6 Å². The van der Waals surface area contributed by atoms with Gasteiger partial charge in [0.25, 0.3) is 0 Å². The summed E-state index contributed by atoms with van der Waals surface area (Å²) < 4.78 is 20.3. The van der Waals surface area contributed by atoms with E-state index < -0.39 is 0 Å². The molecule has 0 radical (unpaired) electrons. The van der Waals surface area contributed by atoms with Gasteiger partial charge >= 0.3 is 0 Å². The summed E-state index contributed by atoms with van der Waals surface area (Å²) >= 11 is 0. The summed E-state index contributed by atoms with van der Waals surface area (Å²) in [5, 5.41) is 6.81. The highest BCUT2D eigenvalue weighted by molar-refractivity contribution is 5.90. The molecule has 4 aromatic rings. The maximum atomic E-state index is 13.0. The number of benzene rings is 2. The van der Waals surface area contributed by atoms with E-state index in [0.29, 0.717) is 36.5 Å². The van der Waals surface area contributed by atoms with E-state index in [-0.39, 0.29) is 11.7 Å². The van der Waals surface area contributed by atoms with Crippen LogP contribution in [0.4, 0.5) is 10.1 Å². The van der Waals surface area contributed by atoms with Crippen LogP contribution in [0.2, 0.25) is 0 Å². The van der Waals surface area contributed by atoms with E-state index in [1.54, 1.807) is 18.3 Å². The second-order valence-electron chi connectivity index (χ2n) is 7.22. The Labute approximate surface area is 178 Å². The predicted octanol–water partition coefficient (Wildman–Crippen LogP) is 4.39. The topological polar surface area (TPSA) is 85.8 Å². The van der Waals surface area contributed by atoms with E-state index in [2.05, 4.69) is 25.0 Å². The van der Waals surface area contributed by atoms with Crippen molar-refractivity contribution in [2.45, 2.75) is 32.7 Å². The smallest absolute Gasteiger partial charge is 0.226 e. The van der Waals surface area contributed by atoms with Gasteiger partial charge in [-0.05, 0) is 55.3 Å². The lowest BCUT2D eigenvalue weighted by Gasteiger charge is -2.08. The van der Waals surface area contributed by atoms with Crippen LogP contribution in [0.15, 0.2) is 65.4 Å². The average molecular weight is 419 g/mol. The zero-order chi connectivity index (χ0) is 21.6. The van der Waals surface area contributed by atoms with Gasteiger partial charge in [0.1, 0.15) is 11.6 Å². The number of carbonyl (C=O) groups is 1. The van der Waals surface area contributed by atoms with Crippen LogP contribution in [0, 0.1) is 12.7 Å². The van der Waals surface area contributed by atoms with Crippen molar-refractivity contribution in [1.29, 1.82) is 0 Å². The monoisotopic (exact) mass is 419 g/mol. The van der Waals surface area contributed by atoms with Crippen molar-refractivity contribution in [3.63, 3.8) is 0 Å². The normalized spacial score (nSPS) is 10.9. The molecule has 2 aromatic carbocycles. The minimum atomic E-state index is -0.318. The van der Waals surface area contributed by atoms with Crippen molar-refractivity contribution in [2.75, 3.05) is 5.32 Å². The molecule has 0 bridgehead atoms. The summed E-state index contributed by atoms with van der Waals surface area (Å²) in [6.45, 7) is 2.71. The van der Waals surface area contributed by atoms with Gasteiger partial charge in [-0.15, -0.1) is 0 Å². The molecule has 0 saturated heterocycles. The zero-order valence-electron chi connectivity index (χ0n) is 17.1. The Bertz CT molecular complexity index is 1150. The number of carbonyl (C=O) groups excluding carboxylic acids is 1. The molecule has 0 aliphatic heterocycles. The largest absolute Gasteiger partial charge is 0.339 e. The van der Waals surface area contributed by atoms with Gasteiger partial charge in [-0.2, -0.15) is 4.98 Å². The van der Waals surface area contributed by atoms with Gasteiger partial charge in [0.15, 0.2) is 0 Å². The number of anilines is 1. The zero-order valence-corrected chi connectivity index (χ0v) is 17.1. The van der Waals surface area contributed by atoms with Crippen LogP contribution in [-0.2, 0) is 17.8 Å². The van der Waals surface area contributed by atoms with Gasteiger partial charge in [0, 0.05) is 43.0 Å². The number of halogens is 1. The van der Waals surface area contributed by atoms with Gasteiger partial charge < -0.3 is 14.4 Å². The molecule has 0 unspecified atom stereocenters. The van der Waals surface area contributed by atoms with Crippen molar-refractivity contribution in [1.82, 2.24) is 19.7 Å². The van der Waals surface area contributed by atoms with E-state index >= 15 is 0 Å². The van der Waals surface area contributed by atoms with E-state index in [4.69, 9.17) is 4.52 Å². The summed E-state index contributed by atoms with van der Waals surface area (Å²) in [5.74, 6) is 1.43. The Morgan fingerprint density at radius 2 is 1.90 bits per heavy atom. The first-order valence-electron chi connectivity index (χ1n) is 10.0. The summed E-state index contributed by atoms with van der Waals surface area (Å²) in [6.07, 6.45) is 5.13. The van der Waals surface area contributed by atoms with Crippen molar-refractivity contribution >= 4 is 11.6 Å². The molecule has 158 valence electrons. The standard InChI is InChI=1S/C23H22FN5O2/c1-16-25-13-14-29(16)15-17-5-11-20(12-6-17)26-21(30)3-2-4-22-27-23(28-31-22)18-7-9-19(24)10-8-18/h5-14H,2-4,15H2,1H3,(H,26,30). The first-order valence-corrected chi connectivity index (χ1v) is 10.0. The quantitative estimate of drug-likeness (QED) is 0.458. The number of imidazole rings is 1. The number of amides is 1. The maximum Gasteiger partial charge on any atom is 0.226 e. The molecule has 0 fully saturated rings. The van der Waals surface area contributed by atoms with Crippen LogP contribution in [0.25, 0.3) is 11.4 Å². The highest BCUT2D eigenvalue weighted by Gasteiger charge is 2.10. The number of nitrogens with zero attached hydrogens (tertiary/aromatic N) is 4. The van der Waals surface area contributed by atoms with Gasteiger partial charge in [0.05, 0.1) is 0 Å². The molecule has 8 heteroatoms. The van der Waals surface area contributed by atoms with Gasteiger partial charge in [0.2, 0.25) is 17.6 Å². The van der Waals surface area contributed by atoms with E-state index in [1.807, 2.05) is 37.4 Å². The SMILES string of the molecule is Cc1nccn1Cc1ccc(NC(=O)CCCc2nc(-c3ccc(F)cc3)no2)cc1. The number of hydrogen-bond donors (Lipinski definition) is 1. The molecule has 0 aliphatic carbocycles. The minimum absolute atomic E-state index is 0.0727. The van der Waals surface area contributed by atoms with Crippen LogP contribution in [-0.4, -0.2) is 25.6 Å². The number of hydrogen-bond acceptors (Lipinski definition) is 5. The fourth-order valence-corrected chi connectivity index (χ4v) is 3.16. The van der Waals surface area contributed by atoms with Crippen LogP contribution < -0.4 is 5.32 Å². The summed E-state index contributed by atoms with van der Waals surface area (Å²) in [6, 6.07) is 13.7. The Morgan fingerprint density at radius 1 is 1.13 bits per heavy atom. The fourth-order valence-electron chi connectivity index (χ4n) is 3.16. The maximum absolute atomic E-state index is 13.0. The second-order valence-corrected chi connectivity index (χ2v) is 7.22. The molecule has 0 saturated carbocycles. The lowest BCUT2D eigenvalue weighted by molar-refractivity contribution is -0.116. The molecule has 1 amide bonds. The fraction of sp³-hybridized carbons (Fsp3) is 0.217. The summed E-state index contributed by atoms with van der Waals surface area (Å²) in [5.41, 5.74) is 2.57. The molecule has 0 atom stereocenters. The number of aromatic nitrogens is 4. The van der Waals surface area contributed by atoms with Crippen molar-refractivity contribution < 1.29 is 13.7 Å². The van der Waals surface area contributed by atoms with Crippen LogP contribution in [0.5, 0.6) is 0 Å². The van der Waals surface area contributed by atoms with E-state index in [9.17, 15) is 9.18 Å². The molecule has 2 heterocycles. The van der Waals surface area contributed by atoms with Crippen molar-refractivity contribution in [2.24, 2.45) is 0 Å². The van der Waals surface area contributed by atoms with Crippen LogP contribution in [0.3, 0.4) is 0 Å². The lowest BCUT2D eigenvalue weighted by atomic mass is 10.2. The molecule has 4 rings (SSSR count). The molecular weight excluding hydrogens is 397 g/mol. The second kappa shape index (κ2) is 9.34. The number of nitrogens with one attached hydrogen (secondary N) is 1. The van der Waals surface area contributed by atoms with Gasteiger partial charge in [-0.1, -0.05) is 17.3 Å². The molecule has 1 N–H and O–H groups in total. The van der Waals surface area contributed by atoms with Crippen molar-refractivity contribution in [3.8, 4) is 11.4 Å². The Hall–Kier alpha value is -3.81. The van der Waals surface area contributed by atoms with E-state index in [1.165, 1.54) is 12.1 Å². The first-order chi connectivity index (χ1) is 15.1.